The average molecular weight is 472 g/mol. The molecule has 33 heavy (non-hydrogen) atoms. The number of esters is 1. The molecule has 0 N–H and O–H groups in total. The molecule has 4 rings (SSSR count). The van der Waals surface area contributed by atoms with Crippen LogP contribution in [0.25, 0.3) is 0 Å². The number of nitrogens with zero attached hydrogens (tertiary/aromatic N) is 3. The number of anilines is 1. The first-order valence-corrected chi connectivity index (χ1v) is 12.1. The summed E-state index contributed by atoms with van der Waals surface area (Å²) in [6, 6.07) is 11.5. The van der Waals surface area contributed by atoms with Crippen molar-refractivity contribution in [3.63, 3.8) is 0 Å². The van der Waals surface area contributed by atoms with Crippen LogP contribution in [0, 0.1) is 5.92 Å². The van der Waals surface area contributed by atoms with Gasteiger partial charge < -0.3 is 24.2 Å². The summed E-state index contributed by atoms with van der Waals surface area (Å²) in [5, 5.41) is 1.88. The van der Waals surface area contributed by atoms with Crippen molar-refractivity contribution in [2.75, 3.05) is 57.9 Å². The van der Waals surface area contributed by atoms with E-state index in [0.29, 0.717) is 43.9 Å². The summed E-state index contributed by atoms with van der Waals surface area (Å²) in [5.74, 6) is 0.0542. The van der Waals surface area contributed by atoms with Gasteiger partial charge in [-0.1, -0.05) is 6.07 Å². The van der Waals surface area contributed by atoms with Gasteiger partial charge in [0.2, 0.25) is 0 Å². The quantitative estimate of drug-likeness (QED) is 0.603. The molecule has 2 fully saturated rings. The molecule has 1 aromatic heterocycles. The molecule has 2 aliphatic heterocycles. The Labute approximate surface area is 197 Å². The Morgan fingerprint density at radius 3 is 2.24 bits per heavy atom. The highest BCUT2D eigenvalue weighted by Crippen LogP contribution is 2.23. The number of piperidine rings is 1. The zero-order chi connectivity index (χ0) is 23.2. The third kappa shape index (κ3) is 5.65. The maximum atomic E-state index is 12.5. The first-order valence-electron chi connectivity index (χ1n) is 11.2. The van der Waals surface area contributed by atoms with Crippen molar-refractivity contribution in [2.24, 2.45) is 5.92 Å². The number of carbonyl (C=O) groups excluding carboxylic acids is 3. The number of piperazine rings is 1. The predicted octanol–water partition coefficient (Wildman–Crippen LogP) is 2.50. The van der Waals surface area contributed by atoms with E-state index in [1.165, 1.54) is 11.3 Å². The summed E-state index contributed by atoms with van der Waals surface area (Å²) < 4.78 is 10.5. The average Bonchev–Trinajstić information content (AvgIpc) is 3.42. The number of benzene rings is 1. The molecule has 2 amide bonds. The fourth-order valence-electron chi connectivity index (χ4n) is 4.22. The SMILES string of the molecule is COc1ccc(N2CCN(C(=O)COC(=O)C3CCN(C(=O)c4cccs4)CC3)CC2)cc1. The van der Waals surface area contributed by atoms with Gasteiger partial charge in [0, 0.05) is 45.0 Å². The van der Waals surface area contributed by atoms with Gasteiger partial charge in [-0.15, -0.1) is 11.3 Å². The van der Waals surface area contributed by atoms with Crippen molar-refractivity contribution < 1.29 is 23.9 Å². The third-order valence-corrected chi connectivity index (χ3v) is 7.11. The molecule has 9 heteroatoms. The highest BCUT2D eigenvalue weighted by atomic mass is 32.1. The topological polar surface area (TPSA) is 79.4 Å². The van der Waals surface area contributed by atoms with Crippen molar-refractivity contribution in [3.8, 4) is 5.75 Å². The van der Waals surface area contributed by atoms with Gasteiger partial charge in [0.05, 0.1) is 17.9 Å². The highest BCUT2D eigenvalue weighted by Gasteiger charge is 2.30. The molecule has 0 radical (unpaired) electrons. The molecule has 0 spiro atoms. The van der Waals surface area contributed by atoms with Crippen LogP contribution in [0.1, 0.15) is 22.5 Å². The lowest BCUT2D eigenvalue weighted by Gasteiger charge is -2.36. The minimum absolute atomic E-state index is 0.0146. The molecule has 0 aliphatic carbocycles. The fraction of sp³-hybridized carbons (Fsp3) is 0.458. The van der Waals surface area contributed by atoms with Crippen LogP contribution < -0.4 is 9.64 Å². The van der Waals surface area contributed by atoms with Crippen LogP contribution in [0.15, 0.2) is 41.8 Å². The molecule has 8 nitrogen and oxygen atoms in total. The van der Waals surface area contributed by atoms with E-state index in [0.717, 1.165) is 24.5 Å². The van der Waals surface area contributed by atoms with Gasteiger partial charge in [-0.25, -0.2) is 0 Å². The number of thiophene rings is 1. The Balaban J connectivity index is 1.17. The van der Waals surface area contributed by atoms with Crippen LogP contribution >= 0.6 is 11.3 Å². The highest BCUT2D eigenvalue weighted by molar-refractivity contribution is 7.12. The zero-order valence-corrected chi connectivity index (χ0v) is 19.6. The van der Waals surface area contributed by atoms with Crippen LogP contribution in [0.3, 0.4) is 0 Å². The number of likely N-dealkylation sites (tertiary alicyclic amines) is 1. The molecule has 2 aliphatic rings. The normalized spacial score (nSPS) is 17.1. The lowest BCUT2D eigenvalue weighted by atomic mass is 9.97. The van der Waals surface area contributed by atoms with Crippen molar-refractivity contribution in [3.05, 3.63) is 46.7 Å². The van der Waals surface area contributed by atoms with Crippen molar-refractivity contribution in [1.82, 2.24) is 9.80 Å². The Kier molecular flexibility index (Phi) is 7.49. The number of carbonyl (C=O) groups is 3. The molecule has 3 heterocycles. The van der Waals surface area contributed by atoms with E-state index in [-0.39, 0.29) is 30.3 Å². The first-order chi connectivity index (χ1) is 16.0. The molecule has 0 saturated carbocycles. The Morgan fingerprint density at radius 1 is 0.939 bits per heavy atom. The minimum atomic E-state index is -0.344. The summed E-state index contributed by atoms with van der Waals surface area (Å²) in [6.07, 6.45) is 1.12. The van der Waals surface area contributed by atoms with Gasteiger partial charge in [-0.2, -0.15) is 0 Å². The number of rotatable bonds is 6. The Hall–Kier alpha value is -3.07. The lowest BCUT2D eigenvalue weighted by Crippen LogP contribution is -2.50. The smallest absolute Gasteiger partial charge is 0.309 e. The third-order valence-electron chi connectivity index (χ3n) is 6.26. The molecule has 176 valence electrons. The summed E-state index contributed by atoms with van der Waals surface area (Å²) in [5.41, 5.74) is 1.10. The van der Waals surface area contributed by atoms with E-state index in [2.05, 4.69) is 4.90 Å². The first kappa shape index (κ1) is 23.1. The molecule has 1 aromatic carbocycles. The molecule has 2 saturated heterocycles. The van der Waals surface area contributed by atoms with Crippen molar-refractivity contribution >= 4 is 34.8 Å². The Morgan fingerprint density at radius 2 is 1.64 bits per heavy atom. The fourth-order valence-corrected chi connectivity index (χ4v) is 4.91. The van der Waals surface area contributed by atoms with Crippen molar-refractivity contribution in [1.29, 1.82) is 0 Å². The molecular formula is C24H29N3O5S. The zero-order valence-electron chi connectivity index (χ0n) is 18.8. The second kappa shape index (κ2) is 10.7. The second-order valence-electron chi connectivity index (χ2n) is 8.22. The van der Waals surface area contributed by atoms with Gasteiger partial charge in [0.1, 0.15) is 5.75 Å². The second-order valence-corrected chi connectivity index (χ2v) is 9.17. The van der Waals surface area contributed by atoms with Crippen LogP contribution in [-0.4, -0.2) is 80.6 Å². The molecule has 0 atom stereocenters. The summed E-state index contributed by atoms with van der Waals surface area (Å²) in [6.45, 7) is 3.45. The van der Waals surface area contributed by atoms with Gasteiger partial charge in [0.25, 0.3) is 11.8 Å². The number of amides is 2. The summed E-state index contributed by atoms with van der Waals surface area (Å²) in [4.78, 5) is 43.9. The number of ether oxygens (including phenoxy) is 2. The van der Waals surface area contributed by atoms with Gasteiger partial charge in [-0.3, -0.25) is 14.4 Å². The molecule has 2 aromatic rings. The summed E-state index contributed by atoms with van der Waals surface area (Å²) >= 11 is 1.42. The lowest BCUT2D eigenvalue weighted by molar-refractivity contribution is -0.156. The predicted molar refractivity (Wildman–Crippen MR) is 126 cm³/mol. The van der Waals surface area contributed by atoms with Crippen LogP contribution in [0.4, 0.5) is 5.69 Å². The minimum Gasteiger partial charge on any atom is -0.497 e. The molecule has 0 unspecified atom stereocenters. The van der Waals surface area contributed by atoms with E-state index in [1.807, 2.05) is 41.8 Å². The maximum Gasteiger partial charge on any atom is 0.309 e. The van der Waals surface area contributed by atoms with E-state index in [1.54, 1.807) is 16.9 Å². The number of hydrogen-bond acceptors (Lipinski definition) is 7. The monoisotopic (exact) mass is 471 g/mol. The van der Waals surface area contributed by atoms with Crippen LogP contribution in [-0.2, 0) is 14.3 Å². The molecular weight excluding hydrogens is 442 g/mol. The standard InChI is InChI=1S/C24H29N3O5S/c1-31-20-6-4-19(5-7-20)25-12-14-26(15-13-25)22(28)17-32-24(30)18-8-10-27(11-9-18)23(29)21-3-2-16-33-21/h2-7,16,18H,8-15,17H2,1H3. The van der Waals surface area contributed by atoms with Gasteiger partial charge in [-0.05, 0) is 48.6 Å². The summed E-state index contributed by atoms with van der Waals surface area (Å²) in [7, 11) is 1.64. The van der Waals surface area contributed by atoms with E-state index in [9.17, 15) is 14.4 Å². The maximum absolute atomic E-state index is 12.5. The van der Waals surface area contributed by atoms with Gasteiger partial charge >= 0.3 is 5.97 Å². The van der Waals surface area contributed by atoms with Crippen LogP contribution in [0.2, 0.25) is 0 Å². The Bertz CT molecular complexity index is 947. The van der Waals surface area contributed by atoms with E-state index in [4.69, 9.17) is 9.47 Å². The van der Waals surface area contributed by atoms with E-state index >= 15 is 0 Å². The number of methoxy groups -OCH3 is 1. The molecule has 0 bridgehead atoms. The van der Waals surface area contributed by atoms with E-state index < -0.39 is 0 Å². The van der Waals surface area contributed by atoms with Crippen molar-refractivity contribution in [2.45, 2.75) is 12.8 Å². The van der Waals surface area contributed by atoms with Crippen LogP contribution in [0.5, 0.6) is 5.75 Å². The van der Waals surface area contributed by atoms with Gasteiger partial charge in [0.15, 0.2) is 6.61 Å². The number of hydrogen-bond donors (Lipinski definition) is 0. The largest absolute Gasteiger partial charge is 0.497 e.